The molecule has 2 N–H and O–H groups in total. The molecule has 0 spiro atoms. The van der Waals surface area contributed by atoms with E-state index in [1.165, 1.54) is 30.0 Å². The molecule has 0 radical (unpaired) electrons. The standard InChI is InChI=1S/C20H19NO3/c22-19(23)12-7-14-5-10-18(11-6-14)21-20(24)17-9-8-15-3-1-2-4-16(15)13-17/h5-13H,1-4H2,(H,21,24)(H,22,23). The number of carbonyl (C=O) groups excluding carboxylic acids is 1. The predicted octanol–water partition coefficient (Wildman–Crippen LogP) is 3.92. The molecule has 3 rings (SSSR count). The summed E-state index contributed by atoms with van der Waals surface area (Å²) in [5.74, 6) is -1.11. The molecule has 0 unspecified atom stereocenters. The second-order valence-electron chi connectivity index (χ2n) is 5.94. The Morgan fingerprint density at radius 3 is 2.38 bits per heavy atom. The lowest BCUT2D eigenvalue weighted by atomic mass is 9.90. The highest BCUT2D eigenvalue weighted by molar-refractivity contribution is 6.04. The van der Waals surface area contributed by atoms with Crippen molar-refractivity contribution in [2.75, 3.05) is 5.32 Å². The lowest BCUT2D eigenvalue weighted by molar-refractivity contribution is -0.131. The highest BCUT2D eigenvalue weighted by Gasteiger charge is 2.13. The number of aryl methyl sites for hydroxylation is 2. The van der Waals surface area contributed by atoms with Gasteiger partial charge in [-0.3, -0.25) is 4.79 Å². The number of hydrogen-bond acceptors (Lipinski definition) is 2. The van der Waals surface area contributed by atoms with Gasteiger partial charge in [0, 0.05) is 17.3 Å². The summed E-state index contributed by atoms with van der Waals surface area (Å²) in [5, 5.41) is 11.5. The Labute approximate surface area is 140 Å². The lowest BCUT2D eigenvalue weighted by Crippen LogP contribution is -2.13. The van der Waals surface area contributed by atoms with E-state index in [4.69, 9.17) is 5.11 Å². The summed E-state index contributed by atoms with van der Waals surface area (Å²) < 4.78 is 0. The van der Waals surface area contributed by atoms with E-state index in [1.54, 1.807) is 24.3 Å². The fraction of sp³-hybridized carbons (Fsp3) is 0.200. The van der Waals surface area contributed by atoms with Crippen molar-refractivity contribution in [2.45, 2.75) is 25.7 Å². The average molecular weight is 321 g/mol. The molecule has 1 amide bonds. The molecule has 2 aromatic rings. The quantitative estimate of drug-likeness (QED) is 0.839. The number of nitrogens with one attached hydrogen (secondary N) is 1. The summed E-state index contributed by atoms with van der Waals surface area (Å²) in [6, 6.07) is 13.0. The molecule has 24 heavy (non-hydrogen) atoms. The van der Waals surface area contributed by atoms with Crippen LogP contribution in [0.15, 0.2) is 48.5 Å². The normalized spacial score (nSPS) is 13.5. The first-order valence-corrected chi connectivity index (χ1v) is 8.06. The molecule has 0 bridgehead atoms. The van der Waals surface area contributed by atoms with Gasteiger partial charge in [-0.25, -0.2) is 4.79 Å². The zero-order valence-corrected chi connectivity index (χ0v) is 13.3. The van der Waals surface area contributed by atoms with Crippen LogP contribution in [0.3, 0.4) is 0 Å². The van der Waals surface area contributed by atoms with Crippen LogP contribution >= 0.6 is 0 Å². The lowest BCUT2D eigenvalue weighted by Gasteiger charge is -2.16. The minimum absolute atomic E-state index is 0.128. The van der Waals surface area contributed by atoms with Gasteiger partial charge in [-0.15, -0.1) is 0 Å². The molecule has 1 aliphatic rings. The van der Waals surface area contributed by atoms with Crippen molar-refractivity contribution >= 4 is 23.6 Å². The molecule has 4 heteroatoms. The summed E-state index contributed by atoms with van der Waals surface area (Å²) in [6.07, 6.45) is 7.15. The number of carbonyl (C=O) groups is 2. The largest absolute Gasteiger partial charge is 0.478 e. The molecule has 2 aromatic carbocycles. The number of aliphatic carboxylic acids is 1. The fourth-order valence-electron chi connectivity index (χ4n) is 2.92. The van der Waals surface area contributed by atoms with Crippen LogP contribution in [0.2, 0.25) is 0 Å². The molecule has 0 aromatic heterocycles. The smallest absolute Gasteiger partial charge is 0.328 e. The number of fused-ring (bicyclic) bond motifs is 1. The third-order valence-corrected chi connectivity index (χ3v) is 4.20. The number of anilines is 1. The Balaban J connectivity index is 1.69. The van der Waals surface area contributed by atoms with Crippen molar-refractivity contribution in [2.24, 2.45) is 0 Å². The molecule has 0 saturated heterocycles. The van der Waals surface area contributed by atoms with Crippen molar-refractivity contribution in [3.8, 4) is 0 Å². The first-order valence-electron chi connectivity index (χ1n) is 8.06. The predicted molar refractivity (Wildman–Crippen MR) is 94.1 cm³/mol. The molecule has 0 aliphatic heterocycles. The Bertz CT molecular complexity index is 791. The van der Waals surface area contributed by atoms with Gasteiger partial charge in [0.2, 0.25) is 0 Å². The third kappa shape index (κ3) is 3.90. The molecule has 4 nitrogen and oxygen atoms in total. The first-order chi connectivity index (χ1) is 11.6. The zero-order valence-electron chi connectivity index (χ0n) is 13.3. The minimum atomic E-state index is -0.986. The maximum absolute atomic E-state index is 12.4. The van der Waals surface area contributed by atoms with E-state index >= 15 is 0 Å². The molecule has 0 fully saturated rings. The van der Waals surface area contributed by atoms with E-state index in [1.807, 2.05) is 12.1 Å². The second-order valence-corrected chi connectivity index (χ2v) is 5.94. The van der Waals surface area contributed by atoms with Crippen molar-refractivity contribution in [3.63, 3.8) is 0 Å². The van der Waals surface area contributed by atoms with Crippen LogP contribution in [0, 0.1) is 0 Å². The van der Waals surface area contributed by atoms with Crippen molar-refractivity contribution in [1.82, 2.24) is 0 Å². The van der Waals surface area contributed by atoms with Crippen LogP contribution in [-0.2, 0) is 17.6 Å². The number of amides is 1. The van der Waals surface area contributed by atoms with Crippen molar-refractivity contribution in [3.05, 3.63) is 70.8 Å². The van der Waals surface area contributed by atoms with E-state index < -0.39 is 5.97 Å². The van der Waals surface area contributed by atoms with Gasteiger partial charge in [0.15, 0.2) is 0 Å². The Kier molecular flexibility index (Phi) is 4.75. The van der Waals surface area contributed by atoms with E-state index in [0.717, 1.165) is 24.5 Å². The second kappa shape index (κ2) is 7.13. The van der Waals surface area contributed by atoms with Crippen LogP contribution < -0.4 is 5.32 Å². The van der Waals surface area contributed by atoms with E-state index in [2.05, 4.69) is 11.4 Å². The molecular weight excluding hydrogens is 302 g/mol. The zero-order chi connectivity index (χ0) is 16.9. The Morgan fingerprint density at radius 2 is 1.67 bits per heavy atom. The molecule has 122 valence electrons. The Hall–Kier alpha value is -2.88. The van der Waals surface area contributed by atoms with Crippen LogP contribution in [0.4, 0.5) is 5.69 Å². The number of hydrogen-bond donors (Lipinski definition) is 2. The number of rotatable bonds is 4. The molecular formula is C20H19NO3. The summed E-state index contributed by atoms with van der Waals surface area (Å²) in [6.45, 7) is 0. The number of carboxylic acid groups (broad SMARTS) is 1. The van der Waals surface area contributed by atoms with Gasteiger partial charge in [-0.1, -0.05) is 18.2 Å². The third-order valence-electron chi connectivity index (χ3n) is 4.20. The van der Waals surface area contributed by atoms with Gasteiger partial charge in [-0.05, 0) is 72.7 Å². The first kappa shape index (κ1) is 16.0. The maximum atomic E-state index is 12.4. The van der Waals surface area contributed by atoms with Crippen LogP contribution in [0.5, 0.6) is 0 Å². The van der Waals surface area contributed by atoms with E-state index in [-0.39, 0.29) is 5.91 Å². The van der Waals surface area contributed by atoms with Gasteiger partial charge in [0.1, 0.15) is 0 Å². The van der Waals surface area contributed by atoms with Crippen molar-refractivity contribution < 1.29 is 14.7 Å². The van der Waals surface area contributed by atoms with Crippen LogP contribution in [0.1, 0.15) is 39.9 Å². The van der Waals surface area contributed by atoms with Gasteiger partial charge < -0.3 is 10.4 Å². The van der Waals surface area contributed by atoms with E-state index in [9.17, 15) is 9.59 Å². The summed E-state index contributed by atoms with van der Waals surface area (Å²) in [5.41, 5.74) is 4.76. The monoisotopic (exact) mass is 321 g/mol. The molecule has 0 heterocycles. The summed E-state index contributed by atoms with van der Waals surface area (Å²) in [7, 11) is 0. The van der Waals surface area contributed by atoms with Gasteiger partial charge in [0.05, 0.1) is 0 Å². The Morgan fingerprint density at radius 1 is 0.958 bits per heavy atom. The maximum Gasteiger partial charge on any atom is 0.328 e. The van der Waals surface area contributed by atoms with Gasteiger partial charge >= 0.3 is 5.97 Å². The topological polar surface area (TPSA) is 66.4 Å². The van der Waals surface area contributed by atoms with Crippen LogP contribution in [-0.4, -0.2) is 17.0 Å². The van der Waals surface area contributed by atoms with Gasteiger partial charge in [0.25, 0.3) is 5.91 Å². The SMILES string of the molecule is O=C(O)C=Cc1ccc(NC(=O)c2ccc3c(c2)CCCC3)cc1. The molecule has 0 atom stereocenters. The van der Waals surface area contributed by atoms with Crippen molar-refractivity contribution in [1.29, 1.82) is 0 Å². The highest BCUT2D eigenvalue weighted by atomic mass is 16.4. The number of carboxylic acids is 1. The fourth-order valence-corrected chi connectivity index (χ4v) is 2.92. The van der Waals surface area contributed by atoms with Crippen LogP contribution in [0.25, 0.3) is 6.08 Å². The number of benzene rings is 2. The van der Waals surface area contributed by atoms with E-state index in [0.29, 0.717) is 11.3 Å². The minimum Gasteiger partial charge on any atom is -0.478 e. The summed E-state index contributed by atoms with van der Waals surface area (Å²) in [4.78, 5) is 22.9. The average Bonchev–Trinajstić information content (AvgIpc) is 2.60. The highest BCUT2D eigenvalue weighted by Crippen LogP contribution is 2.22. The molecule has 1 aliphatic carbocycles. The molecule has 0 saturated carbocycles. The summed E-state index contributed by atoms with van der Waals surface area (Å²) >= 11 is 0. The van der Waals surface area contributed by atoms with Gasteiger partial charge in [-0.2, -0.15) is 0 Å².